The first-order valence-electron chi connectivity index (χ1n) is 5.81. The highest BCUT2D eigenvalue weighted by molar-refractivity contribution is 9.10. The van der Waals surface area contributed by atoms with Crippen molar-refractivity contribution in [1.29, 1.82) is 0 Å². The number of piperidine rings is 1. The van der Waals surface area contributed by atoms with Crippen molar-refractivity contribution < 1.29 is 8.42 Å². The molecule has 2 rings (SSSR count). The first-order chi connectivity index (χ1) is 8.39. The Morgan fingerprint density at radius 2 is 2.06 bits per heavy atom. The van der Waals surface area contributed by atoms with E-state index in [2.05, 4.69) is 28.2 Å². The Morgan fingerprint density at radius 3 is 2.50 bits per heavy atom. The van der Waals surface area contributed by atoms with Gasteiger partial charge in [-0.25, -0.2) is 8.42 Å². The summed E-state index contributed by atoms with van der Waals surface area (Å²) in [7, 11) is -1.40. The predicted molar refractivity (Wildman–Crippen MR) is 77.5 cm³/mol. The lowest BCUT2D eigenvalue weighted by atomic mass is 9.91. The first-order valence-corrected chi connectivity index (χ1v) is 8.92. The molecule has 0 atom stereocenters. The van der Waals surface area contributed by atoms with Crippen LogP contribution in [0, 0.1) is 0 Å². The van der Waals surface area contributed by atoms with E-state index in [1.54, 1.807) is 15.8 Å². The van der Waals surface area contributed by atoms with E-state index in [1.807, 2.05) is 7.05 Å². The molecule has 1 aliphatic rings. The second kappa shape index (κ2) is 5.20. The van der Waals surface area contributed by atoms with Crippen molar-refractivity contribution in [1.82, 2.24) is 9.62 Å². The van der Waals surface area contributed by atoms with E-state index in [4.69, 9.17) is 0 Å². The summed E-state index contributed by atoms with van der Waals surface area (Å²) in [6.45, 7) is 3.28. The van der Waals surface area contributed by atoms with Crippen LogP contribution in [0.2, 0.25) is 0 Å². The van der Waals surface area contributed by atoms with E-state index >= 15 is 0 Å². The standard InChI is InChI=1S/C11H17BrN2O2S2/c1-11(13-2)4-6-14(7-5-11)18(15,16)10-9(12)3-8-17-10/h3,8,13H,4-7H2,1-2H3. The van der Waals surface area contributed by atoms with Gasteiger partial charge in [-0.3, -0.25) is 0 Å². The lowest BCUT2D eigenvalue weighted by Crippen LogP contribution is -2.51. The van der Waals surface area contributed by atoms with Gasteiger partial charge in [-0.1, -0.05) is 0 Å². The number of nitrogens with one attached hydrogen (secondary N) is 1. The molecule has 0 radical (unpaired) electrons. The molecule has 0 unspecified atom stereocenters. The van der Waals surface area contributed by atoms with Crippen LogP contribution in [0.1, 0.15) is 19.8 Å². The Morgan fingerprint density at radius 1 is 1.44 bits per heavy atom. The topological polar surface area (TPSA) is 49.4 Å². The van der Waals surface area contributed by atoms with E-state index in [1.165, 1.54) is 11.3 Å². The molecule has 1 aromatic heterocycles. The molecule has 1 aliphatic heterocycles. The molecule has 1 fully saturated rings. The molecule has 1 N–H and O–H groups in total. The summed E-state index contributed by atoms with van der Waals surface area (Å²) in [5.41, 5.74) is 0.0543. The molecule has 0 aromatic carbocycles. The maximum atomic E-state index is 12.5. The monoisotopic (exact) mass is 352 g/mol. The van der Waals surface area contributed by atoms with Gasteiger partial charge in [0.15, 0.2) is 0 Å². The van der Waals surface area contributed by atoms with Crippen molar-refractivity contribution in [2.24, 2.45) is 0 Å². The minimum absolute atomic E-state index is 0.0543. The second-order valence-corrected chi connectivity index (χ2v) is 8.67. The lowest BCUT2D eigenvalue weighted by molar-refractivity contribution is 0.220. The fourth-order valence-corrected chi connectivity index (χ4v) is 5.94. The third-order valence-corrected chi connectivity index (χ3v) is 8.13. The molecular formula is C11H17BrN2O2S2. The molecular weight excluding hydrogens is 336 g/mol. The number of sulfonamides is 1. The van der Waals surface area contributed by atoms with Crippen molar-refractivity contribution in [3.63, 3.8) is 0 Å². The molecule has 7 heteroatoms. The molecule has 0 spiro atoms. The Hall–Kier alpha value is 0.0500. The maximum Gasteiger partial charge on any atom is 0.253 e. The third kappa shape index (κ3) is 2.65. The summed E-state index contributed by atoms with van der Waals surface area (Å²) < 4.78 is 27.6. The van der Waals surface area contributed by atoms with E-state index in [9.17, 15) is 8.42 Å². The number of nitrogens with zero attached hydrogens (tertiary/aromatic N) is 1. The van der Waals surface area contributed by atoms with Crippen LogP contribution in [0.25, 0.3) is 0 Å². The summed E-state index contributed by atoms with van der Waals surface area (Å²) in [6.07, 6.45) is 1.68. The van der Waals surface area contributed by atoms with Crippen LogP contribution >= 0.6 is 27.3 Å². The van der Waals surface area contributed by atoms with Crippen LogP contribution in [0.15, 0.2) is 20.1 Å². The summed E-state index contributed by atoms with van der Waals surface area (Å²) >= 11 is 4.56. The summed E-state index contributed by atoms with van der Waals surface area (Å²) in [4.78, 5) is 0. The van der Waals surface area contributed by atoms with Gasteiger partial charge in [0.1, 0.15) is 4.21 Å². The van der Waals surface area contributed by atoms with Gasteiger partial charge in [0.25, 0.3) is 10.0 Å². The highest BCUT2D eigenvalue weighted by atomic mass is 79.9. The number of halogens is 1. The second-order valence-electron chi connectivity index (χ2n) is 4.77. The molecule has 18 heavy (non-hydrogen) atoms. The average molecular weight is 353 g/mol. The molecule has 4 nitrogen and oxygen atoms in total. The van der Waals surface area contributed by atoms with Crippen molar-refractivity contribution in [3.8, 4) is 0 Å². The van der Waals surface area contributed by atoms with Gasteiger partial charge in [-0.2, -0.15) is 4.31 Å². The summed E-state index contributed by atoms with van der Waals surface area (Å²) in [6, 6.07) is 1.78. The van der Waals surface area contributed by atoms with Crippen LogP contribution in [0.3, 0.4) is 0 Å². The smallest absolute Gasteiger partial charge is 0.253 e. The Balaban J connectivity index is 2.17. The average Bonchev–Trinajstić information content (AvgIpc) is 2.77. The Kier molecular flexibility index (Phi) is 4.18. The SMILES string of the molecule is CNC1(C)CCN(S(=O)(=O)c2sccc2Br)CC1. The predicted octanol–water partition coefficient (Wildman–Crippen LogP) is 2.27. The third-order valence-electron chi connectivity index (χ3n) is 3.59. The number of hydrogen-bond acceptors (Lipinski definition) is 4. The van der Waals surface area contributed by atoms with Gasteiger partial charge in [0, 0.05) is 23.1 Å². The minimum Gasteiger partial charge on any atom is -0.314 e. The molecule has 1 saturated heterocycles. The molecule has 0 aliphatic carbocycles. The van der Waals surface area contributed by atoms with E-state index < -0.39 is 10.0 Å². The number of thiophene rings is 1. The highest BCUT2D eigenvalue weighted by Crippen LogP contribution is 2.33. The number of rotatable bonds is 3. The van der Waals surface area contributed by atoms with Gasteiger partial charge in [0.2, 0.25) is 0 Å². The van der Waals surface area contributed by atoms with Gasteiger partial charge in [0.05, 0.1) is 0 Å². The van der Waals surface area contributed by atoms with Crippen LogP contribution in [-0.4, -0.2) is 38.4 Å². The molecule has 2 heterocycles. The zero-order valence-electron chi connectivity index (χ0n) is 10.4. The molecule has 1 aromatic rings. The quantitative estimate of drug-likeness (QED) is 0.907. The lowest BCUT2D eigenvalue weighted by Gasteiger charge is -2.38. The Labute approximate surface area is 121 Å². The molecule has 0 bridgehead atoms. The van der Waals surface area contributed by atoms with Crippen molar-refractivity contribution in [2.75, 3.05) is 20.1 Å². The Bertz CT molecular complexity index is 519. The van der Waals surface area contributed by atoms with E-state index in [-0.39, 0.29) is 5.54 Å². The molecule has 0 saturated carbocycles. The van der Waals surface area contributed by atoms with E-state index in [0.29, 0.717) is 21.8 Å². The van der Waals surface area contributed by atoms with Crippen LogP contribution in [0.5, 0.6) is 0 Å². The zero-order chi connectivity index (χ0) is 13.4. The summed E-state index contributed by atoms with van der Waals surface area (Å²) in [5.74, 6) is 0. The van der Waals surface area contributed by atoms with Gasteiger partial charge in [-0.15, -0.1) is 11.3 Å². The highest BCUT2D eigenvalue weighted by Gasteiger charge is 2.35. The normalized spacial score (nSPS) is 21.1. The molecule has 0 amide bonds. The largest absolute Gasteiger partial charge is 0.314 e. The van der Waals surface area contributed by atoms with Crippen molar-refractivity contribution >= 4 is 37.3 Å². The van der Waals surface area contributed by atoms with Gasteiger partial charge < -0.3 is 5.32 Å². The zero-order valence-corrected chi connectivity index (χ0v) is 13.7. The van der Waals surface area contributed by atoms with Crippen LogP contribution in [0.4, 0.5) is 0 Å². The van der Waals surface area contributed by atoms with Crippen molar-refractivity contribution in [3.05, 3.63) is 15.9 Å². The minimum atomic E-state index is -3.33. The fraction of sp³-hybridized carbons (Fsp3) is 0.636. The van der Waals surface area contributed by atoms with Crippen molar-refractivity contribution in [2.45, 2.75) is 29.5 Å². The molecule has 102 valence electrons. The van der Waals surface area contributed by atoms with E-state index in [0.717, 1.165) is 12.8 Å². The first kappa shape index (κ1) is 14.5. The van der Waals surface area contributed by atoms with Crippen LogP contribution < -0.4 is 5.32 Å². The summed E-state index contributed by atoms with van der Waals surface area (Å²) in [5, 5.41) is 5.06. The van der Waals surface area contributed by atoms with Crippen LogP contribution in [-0.2, 0) is 10.0 Å². The van der Waals surface area contributed by atoms with Gasteiger partial charge >= 0.3 is 0 Å². The maximum absolute atomic E-state index is 12.5. The fourth-order valence-electron chi connectivity index (χ4n) is 2.05. The van der Waals surface area contributed by atoms with Gasteiger partial charge in [-0.05, 0) is 54.2 Å². The number of hydrogen-bond donors (Lipinski definition) is 1.